The first-order chi connectivity index (χ1) is 13.0. The summed E-state index contributed by atoms with van der Waals surface area (Å²) in [6.07, 6.45) is 0.448. The fourth-order valence-corrected chi connectivity index (χ4v) is 4.15. The summed E-state index contributed by atoms with van der Waals surface area (Å²) in [5, 5.41) is 19.4. The van der Waals surface area contributed by atoms with E-state index in [9.17, 15) is 19.3 Å². The molecule has 3 aromatic carbocycles. The summed E-state index contributed by atoms with van der Waals surface area (Å²) in [5.74, 6) is -1.98. The lowest BCUT2D eigenvalue weighted by atomic mass is 9.87. The van der Waals surface area contributed by atoms with Gasteiger partial charge in [0.1, 0.15) is 12.1 Å². The number of hydrogen-bond acceptors (Lipinski definition) is 3. The lowest BCUT2D eigenvalue weighted by Gasteiger charge is -2.16. The van der Waals surface area contributed by atoms with Crippen LogP contribution in [0.4, 0.5) is 14.5 Å². The smallest absolute Gasteiger partial charge is 0.159 e. The van der Waals surface area contributed by atoms with Crippen molar-refractivity contribution >= 4 is 21.6 Å². The number of nitrogens with zero attached hydrogens (tertiary/aromatic N) is 2. The molecule has 0 saturated carbocycles. The van der Waals surface area contributed by atoms with E-state index in [1.165, 1.54) is 6.07 Å². The van der Waals surface area contributed by atoms with Crippen LogP contribution in [0.2, 0.25) is 0 Å². The molecular formula is C21H10BrF2N3. The van der Waals surface area contributed by atoms with Crippen LogP contribution in [0.25, 0.3) is 22.3 Å². The quantitative estimate of drug-likeness (QED) is 0.424. The second kappa shape index (κ2) is 6.19. The molecule has 0 amide bonds. The second-order valence-electron chi connectivity index (χ2n) is 6.19. The number of nitrogens with two attached hydrogens (primary N) is 1. The summed E-state index contributed by atoms with van der Waals surface area (Å²) in [6.45, 7) is 0. The topological polar surface area (TPSA) is 73.6 Å². The Hall–Kier alpha value is -3.22. The standard InChI is InChI=1S/C21H10BrF2N3/c22-16-3-1-2-11-12(16)7-13-19(10-4-5-17(23)18(24)6-10)14(8-25)21(27)15(9-26)20(11)13/h1-6H,7,27H2. The predicted molar refractivity (Wildman–Crippen MR) is 102 cm³/mol. The molecule has 2 N–H and O–H groups in total. The molecule has 1 aliphatic rings. The molecule has 4 rings (SSSR count). The number of nitrogen functional groups attached to an aromatic ring is 1. The third-order valence-electron chi connectivity index (χ3n) is 4.82. The Morgan fingerprint density at radius 1 is 0.926 bits per heavy atom. The molecule has 0 aromatic heterocycles. The van der Waals surface area contributed by atoms with E-state index in [0.29, 0.717) is 28.7 Å². The summed E-state index contributed by atoms with van der Waals surface area (Å²) in [4.78, 5) is 0. The van der Waals surface area contributed by atoms with E-state index >= 15 is 0 Å². The Labute approximate surface area is 162 Å². The first-order valence-electron chi connectivity index (χ1n) is 7.99. The zero-order valence-electron chi connectivity index (χ0n) is 13.8. The van der Waals surface area contributed by atoms with E-state index in [0.717, 1.165) is 27.7 Å². The van der Waals surface area contributed by atoms with Crippen LogP contribution in [0, 0.1) is 34.3 Å². The van der Waals surface area contributed by atoms with Gasteiger partial charge in [-0.3, -0.25) is 0 Å². The third-order valence-corrected chi connectivity index (χ3v) is 5.56. The Balaban J connectivity index is 2.15. The molecule has 0 bridgehead atoms. The van der Waals surface area contributed by atoms with E-state index in [2.05, 4.69) is 22.0 Å². The highest BCUT2D eigenvalue weighted by molar-refractivity contribution is 9.10. The van der Waals surface area contributed by atoms with Gasteiger partial charge in [-0.25, -0.2) is 8.78 Å². The maximum absolute atomic E-state index is 13.9. The maximum atomic E-state index is 13.9. The number of nitriles is 2. The highest BCUT2D eigenvalue weighted by atomic mass is 79.9. The Morgan fingerprint density at radius 2 is 1.63 bits per heavy atom. The molecule has 6 heteroatoms. The largest absolute Gasteiger partial charge is 0.397 e. The SMILES string of the molecule is N#Cc1c(N)c(C#N)c2c(c1-c1ccc(F)c(F)c1)Cc1c(Br)cccc1-2. The molecule has 0 fully saturated rings. The lowest BCUT2D eigenvalue weighted by molar-refractivity contribution is 0.509. The molecule has 3 aromatic rings. The molecule has 1 aliphatic carbocycles. The van der Waals surface area contributed by atoms with E-state index in [-0.39, 0.29) is 16.8 Å². The molecular weight excluding hydrogens is 412 g/mol. The van der Waals surface area contributed by atoms with Gasteiger partial charge in [0.25, 0.3) is 0 Å². The first kappa shape index (κ1) is 17.2. The number of benzene rings is 3. The van der Waals surface area contributed by atoms with Gasteiger partial charge in [0, 0.05) is 22.0 Å². The molecule has 27 heavy (non-hydrogen) atoms. The molecule has 0 heterocycles. The van der Waals surface area contributed by atoms with E-state index in [4.69, 9.17) is 5.73 Å². The van der Waals surface area contributed by atoms with Crippen molar-refractivity contribution in [2.45, 2.75) is 6.42 Å². The summed E-state index contributed by atoms with van der Waals surface area (Å²) in [7, 11) is 0. The van der Waals surface area contributed by atoms with Crippen LogP contribution in [0.1, 0.15) is 22.3 Å². The van der Waals surface area contributed by atoms with Crippen LogP contribution in [0.5, 0.6) is 0 Å². The zero-order valence-corrected chi connectivity index (χ0v) is 15.4. The van der Waals surface area contributed by atoms with Gasteiger partial charge < -0.3 is 5.73 Å². The Morgan fingerprint density at radius 3 is 2.30 bits per heavy atom. The van der Waals surface area contributed by atoms with Gasteiger partial charge in [0.15, 0.2) is 11.6 Å². The van der Waals surface area contributed by atoms with Gasteiger partial charge >= 0.3 is 0 Å². The van der Waals surface area contributed by atoms with Crippen molar-refractivity contribution in [3.8, 4) is 34.4 Å². The van der Waals surface area contributed by atoms with Crippen molar-refractivity contribution in [3.05, 3.63) is 74.8 Å². The van der Waals surface area contributed by atoms with Crippen LogP contribution in [0.3, 0.4) is 0 Å². The molecule has 0 saturated heterocycles. The average Bonchev–Trinajstić information content (AvgIpc) is 3.04. The molecule has 3 nitrogen and oxygen atoms in total. The summed E-state index contributed by atoms with van der Waals surface area (Å²) in [5.41, 5.74) is 10.5. The maximum Gasteiger partial charge on any atom is 0.159 e. The van der Waals surface area contributed by atoms with Crippen LogP contribution < -0.4 is 5.73 Å². The minimum atomic E-state index is -1.01. The molecule has 130 valence electrons. The van der Waals surface area contributed by atoms with Gasteiger partial charge in [0.2, 0.25) is 0 Å². The molecule has 0 radical (unpaired) electrons. The molecule has 0 unspecified atom stereocenters. The number of anilines is 1. The minimum absolute atomic E-state index is 0.0475. The number of hydrogen-bond donors (Lipinski definition) is 1. The monoisotopic (exact) mass is 421 g/mol. The van der Waals surface area contributed by atoms with Gasteiger partial charge in [-0.05, 0) is 40.5 Å². The molecule has 0 spiro atoms. The van der Waals surface area contributed by atoms with Gasteiger partial charge in [-0.15, -0.1) is 0 Å². The fraction of sp³-hybridized carbons (Fsp3) is 0.0476. The van der Waals surface area contributed by atoms with Gasteiger partial charge in [-0.1, -0.05) is 34.1 Å². The number of halogens is 3. The van der Waals surface area contributed by atoms with Gasteiger partial charge in [-0.2, -0.15) is 10.5 Å². The summed E-state index contributed by atoms with van der Waals surface area (Å²) < 4.78 is 28.2. The van der Waals surface area contributed by atoms with Crippen molar-refractivity contribution in [3.63, 3.8) is 0 Å². The van der Waals surface area contributed by atoms with Crippen LogP contribution >= 0.6 is 15.9 Å². The van der Waals surface area contributed by atoms with Crippen LogP contribution in [-0.4, -0.2) is 0 Å². The Bertz CT molecular complexity index is 1220. The van der Waals surface area contributed by atoms with E-state index in [1.807, 2.05) is 24.3 Å². The Kier molecular flexibility index (Phi) is 3.95. The normalized spacial score (nSPS) is 11.4. The van der Waals surface area contributed by atoms with Crippen molar-refractivity contribution in [2.75, 3.05) is 5.73 Å². The van der Waals surface area contributed by atoms with Crippen molar-refractivity contribution < 1.29 is 8.78 Å². The molecule has 0 atom stereocenters. The predicted octanol–water partition coefficient (Wildman–Crippen LogP) is 5.29. The minimum Gasteiger partial charge on any atom is -0.397 e. The lowest BCUT2D eigenvalue weighted by Crippen LogP contribution is -2.03. The summed E-state index contributed by atoms with van der Waals surface area (Å²) >= 11 is 3.52. The zero-order chi connectivity index (χ0) is 19.3. The highest BCUT2D eigenvalue weighted by Gasteiger charge is 2.31. The third kappa shape index (κ3) is 2.42. The van der Waals surface area contributed by atoms with E-state index < -0.39 is 11.6 Å². The van der Waals surface area contributed by atoms with E-state index in [1.54, 1.807) is 0 Å². The van der Waals surface area contributed by atoms with Crippen LogP contribution in [-0.2, 0) is 6.42 Å². The number of fused-ring (bicyclic) bond motifs is 3. The first-order valence-corrected chi connectivity index (χ1v) is 8.78. The second-order valence-corrected chi connectivity index (χ2v) is 7.04. The van der Waals surface area contributed by atoms with Crippen molar-refractivity contribution in [1.82, 2.24) is 0 Å². The van der Waals surface area contributed by atoms with Gasteiger partial charge in [0.05, 0.1) is 16.8 Å². The van der Waals surface area contributed by atoms with Crippen molar-refractivity contribution in [2.24, 2.45) is 0 Å². The van der Waals surface area contributed by atoms with Crippen molar-refractivity contribution in [1.29, 1.82) is 10.5 Å². The fourth-order valence-electron chi connectivity index (χ4n) is 3.65. The summed E-state index contributed by atoms with van der Waals surface area (Å²) in [6, 6.07) is 13.3. The highest BCUT2D eigenvalue weighted by Crippen LogP contribution is 2.49. The van der Waals surface area contributed by atoms with Crippen LogP contribution in [0.15, 0.2) is 40.9 Å². The molecule has 0 aliphatic heterocycles. The average molecular weight is 422 g/mol. The number of rotatable bonds is 1.